The number of aromatic carboxylic acids is 1. The number of likely N-dealkylation sites (tertiary alicyclic amines) is 1. The molecule has 1 aromatic rings. The highest BCUT2D eigenvalue weighted by molar-refractivity contribution is 5.97. The van der Waals surface area contributed by atoms with Crippen LogP contribution in [-0.4, -0.2) is 53.5 Å². The zero-order valence-corrected chi connectivity index (χ0v) is 15.8. The maximum absolute atomic E-state index is 11.9. The van der Waals surface area contributed by atoms with Crippen LogP contribution >= 0.6 is 0 Å². The number of ether oxygens (including phenoxy) is 1. The predicted molar refractivity (Wildman–Crippen MR) is 101 cm³/mol. The second-order valence-corrected chi connectivity index (χ2v) is 7.50. The van der Waals surface area contributed by atoms with E-state index >= 15 is 0 Å². The number of nitrogens with zero attached hydrogens (tertiary/aromatic N) is 2. The molecule has 0 radical (unpaired) electrons. The van der Waals surface area contributed by atoms with Crippen molar-refractivity contribution >= 4 is 24.0 Å². The molecule has 0 atom stereocenters. The van der Waals surface area contributed by atoms with Crippen molar-refractivity contribution in [3.05, 3.63) is 28.8 Å². The third-order valence-electron chi connectivity index (χ3n) is 4.17. The fourth-order valence-corrected chi connectivity index (χ4v) is 2.87. The first-order chi connectivity index (χ1) is 12.1. The van der Waals surface area contributed by atoms with E-state index in [0.29, 0.717) is 42.9 Å². The number of nitrogen functional groups attached to an aromatic ring is 1. The largest absolute Gasteiger partial charge is 0.478 e. The first kappa shape index (κ1) is 19.8. The van der Waals surface area contributed by atoms with Crippen LogP contribution in [0.25, 0.3) is 0 Å². The molecule has 1 aromatic carbocycles. The van der Waals surface area contributed by atoms with Crippen molar-refractivity contribution in [2.24, 2.45) is 10.9 Å². The van der Waals surface area contributed by atoms with Crippen LogP contribution < -0.4 is 5.73 Å². The number of rotatable bonds is 5. The van der Waals surface area contributed by atoms with E-state index in [-0.39, 0.29) is 17.6 Å². The number of anilines is 1. The summed E-state index contributed by atoms with van der Waals surface area (Å²) >= 11 is 0. The molecule has 3 N–H and O–H groups in total. The molecule has 1 amide bonds. The predicted octanol–water partition coefficient (Wildman–Crippen LogP) is 2.82. The van der Waals surface area contributed by atoms with Gasteiger partial charge < -0.3 is 20.5 Å². The SMILES string of the molecule is CCc1c(C(=O)O)ccc(N)c1C=NCC1CN(C(=O)OC(C)(C)C)C1. The lowest BCUT2D eigenvalue weighted by Crippen LogP contribution is -2.52. The standard InChI is InChI=1S/C19H27N3O4/c1-5-13-14(17(23)24)6-7-16(20)15(13)9-21-8-12-10-22(11-12)18(25)26-19(2,3)4/h6-7,9,12H,5,8,10-11,20H2,1-4H3,(H,23,24). The van der Waals surface area contributed by atoms with Gasteiger partial charge in [-0.15, -0.1) is 0 Å². The molecule has 7 nitrogen and oxygen atoms in total. The van der Waals surface area contributed by atoms with Gasteiger partial charge in [-0.2, -0.15) is 0 Å². The topological polar surface area (TPSA) is 105 Å². The summed E-state index contributed by atoms with van der Waals surface area (Å²) in [6.45, 7) is 9.19. The number of benzene rings is 1. The van der Waals surface area contributed by atoms with Gasteiger partial charge in [0.15, 0.2) is 0 Å². The van der Waals surface area contributed by atoms with Crippen molar-refractivity contribution in [3.63, 3.8) is 0 Å². The Morgan fingerprint density at radius 2 is 2.04 bits per heavy atom. The maximum atomic E-state index is 11.9. The molecule has 0 unspecified atom stereocenters. The Balaban J connectivity index is 1.96. The number of carbonyl (C=O) groups excluding carboxylic acids is 1. The lowest BCUT2D eigenvalue weighted by atomic mass is 9.97. The van der Waals surface area contributed by atoms with Crippen LogP contribution in [0.5, 0.6) is 0 Å². The highest BCUT2D eigenvalue weighted by Crippen LogP contribution is 2.22. The zero-order valence-electron chi connectivity index (χ0n) is 15.8. The third kappa shape index (κ3) is 4.74. The number of carbonyl (C=O) groups is 2. The van der Waals surface area contributed by atoms with Crippen LogP contribution in [0.1, 0.15) is 49.2 Å². The summed E-state index contributed by atoms with van der Waals surface area (Å²) in [6.07, 6.45) is 1.91. The second-order valence-electron chi connectivity index (χ2n) is 7.50. The van der Waals surface area contributed by atoms with Crippen molar-refractivity contribution in [1.82, 2.24) is 4.90 Å². The summed E-state index contributed by atoms with van der Waals surface area (Å²) in [7, 11) is 0. The molecule has 2 rings (SSSR count). The van der Waals surface area contributed by atoms with E-state index in [1.807, 2.05) is 27.7 Å². The minimum absolute atomic E-state index is 0.253. The molecule has 1 aliphatic rings. The summed E-state index contributed by atoms with van der Waals surface area (Å²) in [5, 5.41) is 9.30. The van der Waals surface area contributed by atoms with Gasteiger partial charge in [-0.25, -0.2) is 9.59 Å². The van der Waals surface area contributed by atoms with E-state index in [2.05, 4.69) is 4.99 Å². The van der Waals surface area contributed by atoms with Crippen LogP contribution in [0.3, 0.4) is 0 Å². The molecule has 1 aliphatic heterocycles. The number of hydrogen-bond donors (Lipinski definition) is 2. The van der Waals surface area contributed by atoms with Crippen molar-refractivity contribution in [1.29, 1.82) is 0 Å². The summed E-state index contributed by atoms with van der Waals surface area (Å²) in [4.78, 5) is 29.3. The maximum Gasteiger partial charge on any atom is 0.410 e. The van der Waals surface area contributed by atoms with E-state index in [0.717, 1.165) is 0 Å². The van der Waals surface area contributed by atoms with Crippen LogP contribution in [0, 0.1) is 5.92 Å². The number of amides is 1. The number of carboxylic acid groups (broad SMARTS) is 1. The van der Waals surface area contributed by atoms with Crippen LogP contribution in [0.2, 0.25) is 0 Å². The highest BCUT2D eigenvalue weighted by Gasteiger charge is 2.33. The molecule has 142 valence electrons. The Morgan fingerprint density at radius 3 is 2.58 bits per heavy atom. The molecular formula is C19H27N3O4. The first-order valence-electron chi connectivity index (χ1n) is 8.74. The molecule has 0 bridgehead atoms. The van der Waals surface area contributed by atoms with Crippen molar-refractivity contribution in [3.8, 4) is 0 Å². The molecule has 1 heterocycles. The Labute approximate surface area is 153 Å². The molecule has 0 aromatic heterocycles. The number of nitrogens with two attached hydrogens (primary N) is 1. The van der Waals surface area contributed by atoms with Crippen LogP contribution in [0.4, 0.5) is 10.5 Å². The zero-order chi connectivity index (χ0) is 19.5. The minimum atomic E-state index is -0.969. The van der Waals surface area contributed by atoms with Gasteiger partial charge in [0, 0.05) is 43.0 Å². The quantitative estimate of drug-likeness (QED) is 0.620. The molecular weight excluding hydrogens is 334 g/mol. The van der Waals surface area contributed by atoms with Gasteiger partial charge in [-0.1, -0.05) is 6.92 Å². The number of aliphatic imine (C=N–C) groups is 1. The second kappa shape index (κ2) is 7.76. The van der Waals surface area contributed by atoms with Gasteiger partial charge in [0.1, 0.15) is 5.60 Å². The van der Waals surface area contributed by atoms with Crippen molar-refractivity contribution < 1.29 is 19.4 Å². The van der Waals surface area contributed by atoms with Gasteiger partial charge in [-0.3, -0.25) is 4.99 Å². The first-order valence-corrected chi connectivity index (χ1v) is 8.74. The molecule has 0 spiro atoms. The van der Waals surface area contributed by atoms with E-state index in [1.165, 1.54) is 6.07 Å². The lowest BCUT2D eigenvalue weighted by molar-refractivity contribution is 0.000404. The van der Waals surface area contributed by atoms with Gasteiger partial charge in [0.05, 0.1) is 5.56 Å². The Hall–Kier alpha value is -2.57. The monoisotopic (exact) mass is 361 g/mol. The molecule has 26 heavy (non-hydrogen) atoms. The number of hydrogen-bond acceptors (Lipinski definition) is 5. The van der Waals surface area contributed by atoms with Gasteiger partial charge in [-0.05, 0) is 44.9 Å². The summed E-state index contributed by atoms with van der Waals surface area (Å²) < 4.78 is 5.32. The van der Waals surface area contributed by atoms with E-state index in [1.54, 1.807) is 17.2 Å². The normalized spacial score (nSPS) is 15.2. The van der Waals surface area contributed by atoms with E-state index in [4.69, 9.17) is 10.5 Å². The summed E-state index contributed by atoms with van der Waals surface area (Å²) in [5.74, 6) is -0.698. The van der Waals surface area contributed by atoms with Gasteiger partial charge in [0.2, 0.25) is 0 Å². The molecule has 1 fully saturated rings. The Morgan fingerprint density at radius 1 is 1.38 bits per heavy atom. The van der Waals surface area contributed by atoms with Crippen molar-refractivity contribution in [2.75, 3.05) is 25.4 Å². The minimum Gasteiger partial charge on any atom is -0.478 e. The lowest BCUT2D eigenvalue weighted by Gasteiger charge is -2.39. The van der Waals surface area contributed by atoms with E-state index in [9.17, 15) is 14.7 Å². The van der Waals surface area contributed by atoms with Crippen molar-refractivity contribution in [2.45, 2.75) is 39.7 Å². The average Bonchev–Trinajstić information content (AvgIpc) is 2.48. The fourth-order valence-electron chi connectivity index (χ4n) is 2.87. The van der Waals surface area contributed by atoms with Crippen LogP contribution in [-0.2, 0) is 11.2 Å². The van der Waals surface area contributed by atoms with Gasteiger partial charge in [0.25, 0.3) is 0 Å². The summed E-state index contributed by atoms with van der Waals surface area (Å²) in [5.41, 5.74) is 7.61. The number of carboxylic acids is 1. The van der Waals surface area contributed by atoms with Crippen LogP contribution in [0.15, 0.2) is 17.1 Å². The smallest absolute Gasteiger partial charge is 0.410 e. The summed E-state index contributed by atoms with van der Waals surface area (Å²) in [6, 6.07) is 3.12. The van der Waals surface area contributed by atoms with Gasteiger partial charge >= 0.3 is 12.1 Å². The Kier molecular flexibility index (Phi) is 5.90. The molecule has 0 saturated carbocycles. The molecule has 1 saturated heterocycles. The molecule has 0 aliphatic carbocycles. The average molecular weight is 361 g/mol. The Bertz CT molecular complexity index is 716. The highest BCUT2D eigenvalue weighted by atomic mass is 16.6. The molecule has 7 heteroatoms. The fraction of sp³-hybridized carbons (Fsp3) is 0.526. The van der Waals surface area contributed by atoms with E-state index < -0.39 is 11.6 Å². The third-order valence-corrected chi connectivity index (χ3v) is 4.17.